The first-order chi connectivity index (χ1) is 11.2. The third-order valence-corrected chi connectivity index (χ3v) is 5.30. The molecule has 130 valence electrons. The van der Waals surface area contributed by atoms with Crippen LogP contribution in [0.25, 0.3) is 0 Å². The molecule has 0 spiro atoms. The summed E-state index contributed by atoms with van der Waals surface area (Å²) < 4.78 is 0. The van der Waals surface area contributed by atoms with E-state index in [1.165, 1.54) is 12.8 Å². The molecule has 4 rings (SSSR count). The lowest BCUT2D eigenvalue weighted by Gasteiger charge is -2.29. The summed E-state index contributed by atoms with van der Waals surface area (Å²) in [6, 6.07) is 8.83. The average Bonchev–Trinajstić information content (AvgIpc) is 3.13. The van der Waals surface area contributed by atoms with Gasteiger partial charge in [-0.15, -0.1) is 12.4 Å². The molecule has 0 radical (unpaired) electrons. The Labute approximate surface area is 148 Å². The monoisotopic (exact) mass is 349 g/mol. The zero-order valence-corrected chi connectivity index (χ0v) is 14.5. The molecule has 0 aromatic heterocycles. The summed E-state index contributed by atoms with van der Waals surface area (Å²) in [7, 11) is 0. The molecule has 2 N–H and O–H groups in total. The fourth-order valence-electron chi connectivity index (χ4n) is 4.18. The van der Waals surface area contributed by atoms with E-state index in [1.807, 2.05) is 24.3 Å². The van der Waals surface area contributed by atoms with E-state index in [0.29, 0.717) is 24.1 Å². The quantitative estimate of drug-likeness (QED) is 0.879. The normalized spacial score (nSPS) is 28.6. The maximum absolute atomic E-state index is 12.6. The Kier molecular flexibility index (Phi) is 5.11. The SMILES string of the molecule is Cl.O=C(NC1CC2CCC(C1)N2)c1cccc(N2CCCC2=O)c1. The van der Waals surface area contributed by atoms with Crippen LogP contribution in [0.15, 0.2) is 24.3 Å². The molecular formula is C18H24ClN3O2. The third kappa shape index (κ3) is 3.42. The highest BCUT2D eigenvalue weighted by molar-refractivity contribution is 5.99. The van der Waals surface area contributed by atoms with Crippen molar-refractivity contribution in [2.45, 2.75) is 56.7 Å². The van der Waals surface area contributed by atoms with Crippen LogP contribution in [0, 0.1) is 0 Å². The van der Waals surface area contributed by atoms with Crippen LogP contribution in [0.4, 0.5) is 5.69 Å². The van der Waals surface area contributed by atoms with Crippen molar-refractivity contribution in [2.24, 2.45) is 0 Å². The van der Waals surface area contributed by atoms with E-state index in [9.17, 15) is 9.59 Å². The highest BCUT2D eigenvalue weighted by Gasteiger charge is 2.34. The number of nitrogens with zero attached hydrogens (tertiary/aromatic N) is 1. The highest BCUT2D eigenvalue weighted by atomic mass is 35.5. The van der Waals surface area contributed by atoms with Gasteiger partial charge in [0.25, 0.3) is 5.91 Å². The maximum Gasteiger partial charge on any atom is 0.251 e. The number of rotatable bonds is 3. The van der Waals surface area contributed by atoms with Gasteiger partial charge in [0.15, 0.2) is 0 Å². The van der Waals surface area contributed by atoms with Crippen LogP contribution in [-0.2, 0) is 4.79 Å². The molecule has 3 heterocycles. The maximum atomic E-state index is 12.6. The molecule has 3 aliphatic rings. The fourth-order valence-corrected chi connectivity index (χ4v) is 4.18. The number of piperidine rings is 1. The topological polar surface area (TPSA) is 61.4 Å². The van der Waals surface area contributed by atoms with Crippen LogP contribution < -0.4 is 15.5 Å². The summed E-state index contributed by atoms with van der Waals surface area (Å²) in [5.74, 6) is 0.127. The number of benzene rings is 1. The first-order valence-corrected chi connectivity index (χ1v) is 8.66. The van der Waals surface area contributed by atoms with Gasteiger partial charge in [0, 0.05) is 42.3 Å². The van der Waals surface area contributed by atoms with Crippen molar-refractivity contribution in [2.75, 3.05) is 11.4 Å². The summed E-state index contributed by atoms with van der Waals surface area (Å²) in [5.41, 5.74) is 1.48. The van der Waals surface area contributed by atoms with E-state index >= 15 is 0 Å². The average molecular weight is 350 g/mol. The van der Waals surface area contributed by atoms with E-state index < -0.39 is 0 Å². The van der Waals surface area contributed by atoms with Crippen LogP contribution in [0.1, 0.15) is 48.9 Å². The van der Waals surface area contributed by atoms with Crippen molar-refractivity contribution in [3.05, 3.63) is 29.8 Å². The standard InChI is InChI=1S/C18H23N3O2.ClH/c22-17-5-2-8-21(17)16-4-1-3-12(9-16)18(23)20-15-10-13-6-7-14(11-15)19-13;/h1,3-4,9,13-15,19H,2,5-8,10-11H2,(H,20,23);1H. The van der Waals surface area contributed by atoms with Crippen molar-refractivity contribution in [3.8, 4) is 0 Å². The summed E-state index contributed by atoms with van der Waals surface area (Å²) in [5, 5.41) is 6.77. The Morgan fingerprint density at radius 2 is 1.96 bits per heavy atom. The number of carbonyl (C=O) groups excluding carboxylic acids is 2. The molecule has 2 bridgehead atoms. The largest absolute Gasteiger partial charge is 0.349 e. The lowest BCUT2D eigenvalue weighted by atomic mass is 9.99. The minimum absolute atomic E-state index is 0. The number of fused-ring (bicyclic) bond motifs is 2. The van der Waals surface area contributed by atoms with Gasteiger partial charge in [-0.3, -0.25) is 9.59 Å². The zero-order chi connectivity index (χ0) is 15.8. The second-order valence-corrected chi connectivity index (χ2v) is 6.98. The lowest BCUT2D eigenvalue weighted by Crippen LogP contribution is -2.48. The second kappa shape index (κ2) is 7.11. The van der Waals surface area contributed by atoms with E-state index in [-0.39, 0.29) is 30.3 Å². The van der Waals surface area contributed by atoms with Crippen LogP contribution in [0.5, 0.6) is 0 Å². The first kappa shape index (κ1) is 17.2. The summed E-state index contributed by atoms with van der Waals surface area (Å²) in [6.45, 7) is 0.752. The van der Waals surface area contributed by atoms with Crippen LogP contribution in [0.3, 0.4) is 0 Å². The molecule has 1 aromatic rings. The Morgan fingerprint density at radius 3 is 2.62 bits per heavy atom. The van der Waals surface area contributed by atoms with Gasteiger partial charge < -0.3 is 15.5 Å². The Hall–Kier alpha value is -1.59. The molecule has 24 heavy (non-hydrogen) atoms. The summed E-state index contributed by atoms with van der Waals surface area (Å²) in [4.78, 5) is 26.2. The van der Waals surface area contributed by atoms with Gasteiger partial charge in [-0.1, -0.05) is 6.07 Å². The minimum atomic E-state index is -0.0233. The Bertz CT molecular complexity index is 624. The van der Waals surface area contributed by atoms with Gasteiger partial charge in [0.1, 0.15) is 0 Å². The third-order valence-electron chi connectivity index (χ3n) is 5.30. The van der Waals surface area contributed by atoms with Crippen LogP contribution in [0.2, 0.25) is 0 Å². The van der Waals surface area contributed by atoms with Crippen molar-refractivity contribution in [3.63, 3.8) is 0 Å². The minimum Gasteiger partial charge on any atom is -0.349 e. The second-order valence-electron chi connectivity index (χ2n) is 6.98. The lowest BCUT2D eigenvalue weighted by molar-refractivity contribution is -0.117. The summed E-state index contributed by atoms with van der Waals surface area (Å²) in [6.07, 6.45) is 5.99. The predicted octanol–water partition coefficient (Wildman–Crippen LogP) is 2.25. The van der Waals surface area contributed by atoms with Gasteiger partial charge >= 0.3 is 0 Å². The Balaban J connectivity index is 0.00000169. The van der Waals surface area contributed by atoms with Crippen molar-refractivity contribution >= 4 is 29.9 Å². The Morgan fingerprint density at radius 1 is 1.21 bits per heavy atom. The van der Waals surface area contributed by atoms with Crippen molar-refractivity contribution < 1.29 is 9.59 Å². The molecule has 2 unspecified atom stereocenters. The van der Waals surface area contributed by atoms with Gasteiger partial charge in [-0.05, 0) is 50.3 Å². The van der Waals surface area contributed by atoms with Crippen molar-refractivity contribution in [1.29, 1.82) is 0 Å². The number of anilines is 1. The van der Waals surface area contributed by atoms with Crippen LogP contribution >= 0.6 is 12.4 Å². The molecule has 2 amide bonds. The fraction of sp³-hybridized carbons (Fsp3) is 0.556. The molecular weight excluding hydrogens is 326 g/mol. The number of halogens is 1. The molecule has 3 aliphatic heterocycles. The van der Waals surface area contributed by atoms with Crippen LogP contribution in [-0.4, -0.2) is 36.5 Å². The molecule has 3 saturated heterocycles. The molecule has 5 nitrogen and oxygen atoms in total. The van der Waals surface area contributed by atoms with E-state index in [0.717, 1.165) is 31.5 Å². The molecule has 0 saturated carbocycles. The highest BCUT2D eigenvalue weighted by Crippen LogP contribution is 2.27. The van der Waals surface area contributed by atoms with Gasteiger partial charge in [0.2, 0.25) is 5.91 Å². The predicted molar refractivity (Wildman–Crippen MR) is 95.7 cm³/mol. The molecule has 0 aliphatic carbocycles. The van der Waals surface area contributed by atoms with E-state index in [2.05, 4.69) is 10.6 Å². The number of carbonyl (C=O) groups is 2. The molecule has 1 aromatic carbocycles. The number of hydrogen-bond donors (Lipinski definition) is 2. The summed E-state index contributed by atoms with van der Waals surface area (Å²) >= 11 is 0. The van der Waals surface area contributed by atoms with Crippen molar-refractivity contribution in [1.82, 2.24) is 10.6 Å². The molecule has 3 fully saturated rings. The first-order valence-electron chi connectivity index (χ1n) is 8.66. The van der Waals surface area contributed by atoms with E-state index in [4.69, 9.17) is 0 Å². The van der Waals surface area contributed by atoms with Gasteiger partial charge in [-0.2, -0.15) is 0 Å². The van der Waals surface area contributed by atoms with Gasteiger partial charge in [0.05, 0.1) is 0 Å². The molecule has 6 heteroatoms. The van der Waals surface area contributed by atoms with Gasteiger partial charge in [-0.25, -0.2) is 0 Å². The molecule has 2 atom stereocenters. The number of amides is 2. The smallest absolute Gasteiger partial charge is 0.251 e. The number of hydrogen-bond acceptors (Lipinski definition) is 3. The van der Waals surface area contributed by atoms with E-state index in [1.54, 1.807) is 4.90 Å². The number of nitrogens with one attached hydrogen (secondary N) is 2. The zero-order valence-electron chi connectivity index (χ0n) is 13.7.